The van der Waals surface area contributed by atoms with Gasteiger partial charge in [-0.25, -0.2) is 4.98 Å². The molecule has 1 fully saturated rings. The second kappa shape index (κ2) is 5.71. The van der Waals surface area contributed by atoms with Gasteiger partial charge in [0.25, 0.3) is 0 Å². The number of aromatic nitrogens is 4. The second-order valence-electron chi connectivity index (χ2n) is 5.50. The molecule has 2 aromatic rings. The van der Waals surface area contributed by atoms with Gasteiger partial charge < -0.3 is 9.64 Å². The Morgan fingerprint density at radius 3 is 2.95 bits per heavy atom. The molecular weight excluding hydrogens is 266 g/mol. The second-order valence-corrected chi connectivity index (χ2v) is 5.50. The Kier molecular flexibility index (Phi) is 3.77. The van der Waals surface area contributed by atoms with Crippen LogP contribution in [-0.4, -0.2) is 39.4 Å². The molecule has 0 aliphatic carbocycles. The first-order valence-electron chi connectivity index (χ1n) is 7.32. The highest BCUT2D eigenvalue weighted by molar-refractivity contribution is 5.35. The van der Waals surface area contributed by atoms with E-state index in [2.05, 4.69) is 37.6 Å². The number of methoxy groups -OCH3 is 1. The normalized spacial score (nSPS) is 18.2. The van der Waals surface area contributed by atoms with Gasteiger partial charge in [0.05, 0.1) is 25.4 Å². The Bertz CT molecular complexity index is 624. The molecule has 1 aliphatic heterocycles. The maximum Gasteiger partial charge on any atom is 0.228 e. The van der Waals surface area contributed by atoms with Crippen LogP contribution in [0.25, 0.3) is 0 Å². The molecule has 0 bridgehead atoms. The number of rotatable bonds is 4. The highest BCUT2D eigenvalue weighted by Gasteiger charge is 2.27. The van der Waals surface area contributed by atoms with Gasteiger partial charge in [-0.15, -0.1) is 0 Å². The maximum atomic E-state index is 5.20. The van der Waals surface area contributed by atoms with Gasteiger partial charge in [0, 0.05) is 24.5 Å². The lowest BCUT2D eigenvalue weighted by Crippen LogP contribution is -2.34. The predicted octanol–water partition coefficient (Wildman–Crippen LogP) is 1.97. The standard InChI is InChI=1S/C15H21N5O/c1-11-9-12(2)20(18-11)10-13-5-4-8-19(13)15-16-7-6-14(17-15)21-3/h6-7,9,13H,4-5,8,10H2,1-3H3/t13-/m1/s1. The van der Waals surface area contributed by atoms with Crippen LogP contribution < -0.4 is 9.64 Å². The summed E-state index contributed by atoms with van der Waals surface area (Å²) in [5.41, 5.74) is 2.26. The summed E-state index contributed by atoms with van der Waals surface area (Å²) >= 11 is 0. The van der Waals surface area contributed by atoms with Crippen LogP contribution in [0.4, 0.5) is 5.95 Å². The van der Waals surface area contributed by atoms with E-state index in [0.717, 1.165) is 37.6 Å². The minimum absolute atomic E-state index is 0.384. The van der Waals surface area contributed by atoms with Crippen LogP contribution in [0.5, 0.6) is 5.88 Å². The minimum Gasteiger partial charge on any atom is -0.481 e. The van der Waals surface area contributed by atoms with Crippen LogP contribution in [0, 0.1) is 13.8 Å². The van der Waals surface area contributed by atoms with Crippen molar-refractivity contribution in [1.29, 1.82) is 0 Å². The summed E-state index contributed by atoms with van der Waals surface area (Å²) in [5, 5.41) is 4.56. The van der Waals surface area contributed by atoms with Gasteiger partial charge in [0.2, 0.25) is 11.8 Å². The molecule has 0 saturated carbocycles. The smallest absolute Gasteiger partial charge is 0.228 e. The van der Waals surface area contributed by atoms with E-state index in [1.54, 1.807) is 19.4 Å². The van der Waals surface area contributed by atoms with Crippen molar-refractivity contribution in [2.75, 3.05) is 18.6 Å². The van der Waals surface area contributed by atoms with Gasteiger partial charge >= 0.3 is 0 Å². The van der Waals surface area contributed by atoms with E-state index < -0.39 is 0 Å². The Balaban J connectivity index is 1.80. The number of hydrogen-bond donors (Lipinski definition) is 0. The van der Waals surface area contributed by atoms with Crippen molar-refractivity contribution in [1.82, 2.24) is 19.7 Å². The summed E-state index contributed by atoms with van der Waals surface area (Å²) < 4.78 is 7.28. The predicted molar refractivity (Wildman–Crippen MR) is 80.7 cm³/mol. The van der Waals surface area contributed by atoms with Crippen molar-refractivity contribution in [3.05, 3.63) is 29.7 Å². The van der Waals surface area contributed by atoms with Gasteiger partial charge in [-0.1, -0.05) is 0 Å². The fourth-order valence-electron chi connectivity index (χ4n) is 2.93. The number of hydrogen-bond acceptors (Lipinski definition) is 5. The molecule has 3 rings (SSSR count). The molecule has 1 atom stereocenters. The summed E-state index contributed by atoms with van der Waals surface area (Å²) in [7, 11) is 1.63. The van der Waals surface area contributed by atoms with Crippen molar-refractivity contribution in [3.8, 4) is 5.88 Å². The third kappa shape index (κ3) is 2.84. The average molecular weight is 287 g/mol. The first-order valence-corrected chi connectivity index (χ1v) is 7.32. The lowest BCUT2D eigenvalue weighted by molar-refractivity contribution is 0.396. The minimum atomic E-state index is 0.384. The summed E-state index contributed by atoms with van der Waals surface area (Å²) in [4.78, 5) is 11.1. The molecule has 1 aliphatic rings. The van der Waals surface area contributed by atoms with E-state index in [0.29, 0.717) is 11.9 Å². The van der Waals surface area contributed by atoms with Crippen molar-refractivity contribution in [2.24, 2.45) is 0 Å². The summed E-state index contributed by atoms with van der Waals surface area (Å²) in [6.45, 7) is 5.99. The van der Waals surface area contributed by atoms with E-state index >= 15 is 0 Å². The van der Waals surface area contributed by atoms with E-state index in [1.165, 1.54) is 5.69 Å². The van der Waals surface area contributed by atoms with Crippen molar-refractivity contribution >= 4 is 5.95 Å². The zero-order valence-electron chi connectivity index (χ0n) is 12.8. The Morgan fingerprint density at radius 1 is 1.38 bits per heavy atom. The van der Waals surface area contributed by atoms with Crippen LogP contribution in [-0.2, 0) is 6.54 Å². The van der Waals surface area contributed by atoms with Crippen LogP contribution in [0.15, 0.2) is 18.3 Å². The van der Waals surface area contributed by atoms with E-state index in [9.17, 15) is 0 Å². The monoisotopic (exact) mass is 287 g/mol. The molecule has 21 heavy (non-hydrogen) atoms. The zero-order valence-corrected chi connectivity index (χ0v) is 12.8. The molecule has 0 N–H and O–H groups in total. The molecule has 0 aromatic carbocycles. The Labute approximate surface area is 124 Å². The molecule has 0 radical (unpaired) electrons. The summed E-state index contributed by atoms with van der Waals surface area (Å²) in [6, 6.07) is 4.27. The Morgan fingerprint density at radius 2 is 2.24 bits per heavy atom. The largest absolute Gasteiger partial charge is 0.481 e. The molecule has 1 saturated heterocycles. The summed E-state index contributed by atoms with van der Waals surface area (Å²) in [6.07, 6.45) is 4.04. The summed E-state index contributed by atoms with van der Waals surface area (Å²) in [5.74, 6) is 1.36. The fourth-order valence-corrected chi connectivity index (χ4v) is 2.93. The highest BCUT2D eigenvalue weighted by atomic mass is 16.5. The first kappa shape index (κ1) is 13.9. The van der Waals surface area contributed by atoms with Crippen LogP contribution >= 0.6 is 0 Å². The SMILES string of the molecule is COc1ccnc(N2CCC[C@@H]2Cn2nc(C)cc2C)n1. The lowest BCUT2D eigenvalue weighted by Gasteiger charge is -2.25. The van der Waals surface area contributed by atoms with Crippen molar-refractivity contribution in [2.45, 2.75) is 39.3 Å². The molecule has 0 unspecified atom stereocenters. The van der Waals surface area contributed by atoms with Gasteiger partial charge in [0.15, 0.2) is 0 Å². The quantitative estimate of drug-likeness (QED) is 0.860. The maximum absolute atomic E-state index is 5.20. The van der Waals surface area contributed by atoms with Crippen molar-refractivity contribution in [3.63, 3.8) is 0 Å². The number of anilines is 1. The third-order valence-corrected chi connectivity index (χ3v) is 3.95. The fraction of sp³-hybridized carbons (Fsp3) is 0.533. The average Bonchev–Trinajstić information content (AvgIpc) is 3.06. The van der Waals surface area contributed by atoms with Crippen LogP contribution in [0.3, 0.4) is 0 Å². The lowest BCUT2D eigenvalue weighted by atomic mass is 10.2. The van der Waals surface area contributed by atoms with Gasteiger partial charge in [-0.05, 0) is 32.8 Å². The number of nitrogens with zero attached hydrogens (tertiary/aromatic N) is 5. The third-order valence-electron chi connectivity index (χ3n) is 3.95. The highest BCUT2D eigenvalue weighted by Crippen LogP contribution is 2.25. The van der Waals surface area contributed by atoms with Gasteiger partial charge in [0.1, 0.15) is 0 Å². The molecule has 6 heteroatoms. The van der Waals surface area contributed by atoms with Crippen LogP contribution in [0.2, 0.25) is 0 Å². The van der Waals surface area contributed by atoms with Crippen molar-refractivity contribution < 1.29 is 4.74 Å². The van der Waals surface area contributed by atoms with Gasteiger partial charge in [-0.2, -0.15) is 10.1 Å². The zero-order chi connectivity index (χ0) is 14.8. The topological polar surface area (TPSA) is 56.1 Å². The van der Waals surface area contributed by atoms with E-state index in [4.69, 9.17) is 4.74 Å². The number of ether oxygens (including phenoxy) is 1. The van der Waals surface area contributed by atoms with Crippen LogP contribution in [0.1, 0.15) is 24.2 Å². The molecule has 0 spiro atoms. The number of aryl methyl sites for hydroxylation is 2. The van der Waals surface area contributed by atoms with Gasteiger partial charge in [-0.3, -0.25) is 4.68 Å². The molecule has 6 nitrogen and oxygen atoms in total. The molecule has 112 valence electrons. The molecule has 3 heterocycles. The molecular formula is C15H21N5O. The first-order chi connectivity index (χ1) is 10.2. The van der Waals surface area contributed by atoms with E-state index in [-0.39, 0.29) is 0 Å². The van der Waals surface area contributed by atoms with E-state index in [1.807, 2.05) is 6.92 Å². The Hall–Kier alpha value is -2.11. The molecule has 0 amide bonds. The molecule has 2 aromatic heterocycles.